The normalized spacial score (nSPS) is 43.3. The number of benzene rings is 1. The lowest BCUT2D eigenvalue weighted by Gasteiger charge is -2.67. The van der Waals surface area contributed by atoms with Gasteiger partial charge in [0.1, 0.15) is 11.2 Å². The molecule has 2 saturated carbocycles. The molecule has 1 spiro atoms. The summed E-state index contributed by atoms with van der Waals surface area (Å²) in [5.74, 6) is -1.13. The molecule has 3 N–H and O–H groups in total. The van der Waals surface area contributed by atoms with Crippen molar-refractivity contribution >= 4 is 16.7 Å². The van der Waals surface area contributed by atoms with E-state index in [-0.39, 0.29) is 24.2 Å². The number of hydrogen-bond acceptors (Lipinski definition) is 6. The third-order valence-electron chi connectivity index (χ3n) is 11.1. The first-order chi connectivity index (χ1) is 17.9. The molecule has 5 aliphatic rings. The van der Waals surface area contributed by atoms with E-state index in [2.05, 4.69) is 43.1 Å². The molecule has 1 aromatic carbocycles. The summed E-state index contributed by atoms with van der Waals surface area (Å²) in [6.45, 7) is 10.5. The van der Waals surface area contributed by atoms with Gasteiger partial charge in [0, 0.05) is 51.9 Å². The second-order valence-electron chi connectivity index (χ2n) is 13.5. The fourth-order valence-corrected chi connectivity index (χ4v) is 8.92. The fraction of sp³-hybridized carbons (Fsp3) is 0.645. The third-order valence-corrected chi connectivity index (χ3v) is 11.1. The Morgan fingerprint density at radius 1 is 1.18 bits per heavy atom. The van der Waals surface area contributed by atoms with Crippen molar-refractivity contribution < 1.29 is 29.2 Å². The van der Waals surface area contributed by atoms with Gasteiger partial charge in [-0.1, -0.05) is 39.0 Å². The van der Waals surface area contributed by atoms with Crippen molar-refractivity contribution in [2.24, 2.45) is 17.3 Å². The molecule has 1 saturated heterocycles. The number of H-pyrrole nitrogens is 1. The minimum Gasteiger partial charge on any atom is -0.396 e. The highest BCUT2D eigenvalue weighted by Gasteiger charge is 2.78. The highest BCUT2D eigenvalue weighted by Crippen LogP contribution is 2.72. The first kappa shape index (κ1) is 25.0. The van der Waals surface area contributed by atoms with Crippen LogP contribution in [0.2, 0.25) is 0 Å². The van der Waals surface area contributed by atoms with Crippen LogP contribution in [0.4, 0.5) is 0 Å². The Labute approximate surface area is 223 Å². The van der Waals surface area contributed by atoms with Gasteiger partial charge in [0.25, 0.3) is 0 Å². The first-order valence-corrected chi connectivity index (χ1v) is 14.1. The molecule has 3 aliphatic carbocycles. The molecule has 3 heterocycles. The molecule has 0 amide bonds. The lowest BCUT2D eigenvalue weighted by molar-refractivity contribution is -0.281. The summed E-state index contributed by atoms with van der Waals surface area (Å²) in [6.07, 6.45) is 3.10. The predicted molar refractivity (Wildman–Crippen MR) is 142 cm³/mol. The van der Waals surface area contributed by atoms with Crippen LogP contribution in [0.5, 0.6) is 0 Å². The summed E-state index contributed by atoms with van der Waals surface area (Å²) in [5.41, 5.74) is 0.774. The Morgan fingerprint density at radius 3 is 2.71 bits per heavy atom. The number of nitrogens with one attached hydrogen (secondary N) is 1. The highest BCUT2D eigenvalue weighted by molar-refractivity contribution is 5.97. The van der Waals surface area contributed by atoms with Gasteiger partial charge in [0.15, 0.2) is 17.7 Å². The van der Waals surface area contributed by atoms with E-state index in [1.165, 1.54) is 16.6 Å². The van der Waals surface area contributed by atoms with E-state index in [0.717, 1.165) is 11.9 Å². The number of ketones is 1. The summed E-state index contributed by atoms with van der Waals surface area (Å²) < 4.78 is 19.6. The number of aromatic nitrogens is 1. The number of aliphatic hydroxyl groups excluding tert-OH is 1. The maximum absolute atomic E-state index is 13.4. The predicted octanol–water partition coefficient (Wildman–Crippen LogP) is 3.95. The minimum atomic E-state index is -1.51. The molecule has 3 fully saturated rings. The molecule has 2 bridgehead atoms. The standard InChI is InChI=1S/C31H39NO6/c1-17(15-33)16-36-24-13-18-12-20-19-8-6-7-9-21(19)32-25(20)29(18,5)28(4)10-11-30-23(31(24,28)35)14-22(34)26(37-30)27(2,3)38-30/h6-9,14,17-18,24,26,32-33,35H,10-13,15-16H2,1-5H3/t17-,18-,24+,26+,28-,29-,30?,31+/m1/s1. The SMILES string of the molecule is C[C@H](CO)CO[C@H]1C[C@H]2Cc3c([nH]c4ccccc34)[C@]2(C)[C@@]2(C)CCC34O[C@@H](C(=O)C=C3[C@]12O)C(C)(C)O4. The second-order valence-corrected chi connectivity index (χ2v) is 13.5. The molecular weight excluding hydrogens is 482 g/mol. The summed E-state index contributed by atoms with van der Waals surface area (Å²) in [6, 6.07) is 8.43. The van der Waals surface area contributed by atoms with Crippen molar-refractivity contribution in [3.8, 4) is 0 Å². The quantitative estimate of drug-likeness (QED) is 0.564. The summed E-state index contributed by atoms with van der Waals surface area (Å²) in [5, 5.41) is 24.2. The van der Waals surface area contributed by atoms with E-state index in [1.807, 2.05) is 20.8 Å². The molecule has 1 unspecified atom stereocenters. The molecular formula is C31H39NO6. The molecule has 7 heteroatoms. The number of rotatable bonds is 4. The Hall–Kier alpha value is -2.03. The second kappa shape index (κ2) is 7.58. The minimum absolute atomic E-state index is 0.00727. The molecule has 1 aromatic heterocycles. The lowest BCUT2D eigenvalue weighted by atomic mass is 9.41. The number of fused-ring (bicyclic) bond motifs is 9. The average Bonchev–Trinajstić information content (AvgIpc) is 3.47. The molecule has 7 nitrogen and oxygen atoms in total. The Balaban J connectivity index is 1.43. The lowest BCUT2D eigenvalue weighted by Crippen LogP contribution is -2.74. The van der Waals surface area contributed by atoms with E-state index < -0.39 is 40.0 Å². The van der Waals surface area contributed by atoms with Crippen LogP contribution in [0.25, 0.3) is 10.9 Å². The number of carbonyl (C=O) groups is 1. The van der Waals surface area contributed by atoms with Crippen LogP contribution in [-0.2, 0) is 30.8 Å². The van der Waals surface area contributed by atoms with E-state index in [0.29, 0.717) is 31.4 Å². The van der Waals surface area contributed by atoms with Crippen LogP contribution in [0.3, 0.4) is 0 Å². The van der Waals surface area contributed by atoms with Crippen molar-refractivity contribution in [1.82, 2.24) is 4.98 Å². The Bertz CT molecular complexity index is 1380. The zero-order chi connectivity index (χ0) is 26.9. The zero-order valence-electron chi connectivity index (χ0n) is 23.0. The van der Waals surface area contributed by atoms with Gasteiger partial charge in [-0.05, 0) is 56.7 Å². The number of ether oxygens (including phenoxy) is 3. The van der Waals surface area contributed by atoms with Gasteiger partial charge in [0.2, 0.25) is 0 Å². The van der Waals surface area contributed by atoms with E-state index in [9.17, 15) is 15.0 Å². The third kappa shape index (κ3) is 2.75. The van der Waals surface area contributed by atoms with Gasteiger partial charge in [-0.2, -0.15) is 0 Å². The Morgan fingerprint density at radius 2 is 1.95 bits per heavy atom. The topological polar surface area (TPSA) is 101 Å². The molecule has 7 rings (SSSR count). The van der Waals surface area contributed by atoms with Crippen LogP contribution in [0, 0.1) is 17.3 Å². The summed E-state index contributed by atoms with van der Waals surface area (Å²) >= 11 is 0. The van der Waals surface area contributed by atoms with Crippen molar-refractivity contribution in [1.29, 1.82) is 0 Å². The number of para-hydroxylation sites is 1. The number of aromatic amines is 1. The van der Waals surface area contributed by atoms with E-state index in [4.69, 9.17) is 14.2 Å². The molecule has 8 atom stereocenters. The fourth-order valence-electron chi connectivity index (χ4n) is 8.92. The van der Waals surface area contributed by atoms with Gasteiger partial charge in [-0.25, -0.2) is 0 Å². The van der Waals surface area contributed by atoms with Gasteiger partial charge in [0.05, 0.1) is 12.7 Å². The van der Waals surface area contributed by atoms with Crippen LogP contribution in [-0.4, -0.2) is 63.4 Å². The molecule has 2 aliphatic heterocycles. The maximum atomic E-state index is 13.4. The number of aliphatic hydroxyl groups is 2. The summed E-state index contributed by atoms with van der Waals surface area (Å²) in [7, 11) is 0. The first-order valence-electron chi connectivity index (χ1n) is 14.1. The summed E-state index contributed by atoms with van der Waals surface area (Å²) in [4.78, 5) is 17.2. The van der Waals surface area contributed by atoms with Gasteiger partial charge < -0.3 is 29.4 Å². The van der Waals surface area contributed by atoms with E-state index >= 15 is 0 Å². The van der Waals surface area contributed by atoms with Gasteiger partial charge >= 0.3 is 0 Å². The van der Waals surface area contributed by atoms with Gasteiger partial charge in [-0.3, -0.25) is 4.79 Å². The van der Waals surface area contributed by atoms with Crippen molar-refractivity contribution in [3.63, 3.8) is 0 Å². The largest absolute Gasteiger partial charge is 0.396 e. The molecule has 204 valence electrons. The molecule has 0 radical (unpaired) electrons. The van der Waals surface area contributed by atoms with Crippen LogP contribution in [0.1, 0.15) is 65.1 Å². The number of hydrogen-bond donors (Lipinski definition) is 3. The average molecular weight is 522 g/mol. The van der Waals surface area contributed by atoms with Crippen LogP contribution >= 0.6 is 0 Å². The monoisotopic (exact) mass is 521 g/mol. The van der Waals surface area contributed by atoms with E-state index in [1.54, 1.807) is 6.08 Å². The highest BCUT2D eigenvalue weighted by atomic mass is 16.8. The van der Waals surface area contributed by atoms with Crippen LogP contribution in [0.15, 0.2) is 35.9 Å². The zero-order valence-corrected chi connectivity index (χ0v) is 23.0. The number of carbonyl (C=O) groups excluding carboxylic acids is 1. The molecule has 38 heavy (non-hydrogen) atoms. The van der Waals surface area contributed by atoms with Crippen molar-refractivity contribution in [3.05, 3.63) is 47.2 Å². The van der Waals surface area contributed by atoms with Crippen molar-refractivity contribution in [2.75, 3.05) is 13.2 Å². The maximum Gasteiger partial charge on any atom is 0.195 e. The Kier molecular flexibility index (Phi) is 4.98. The van der Waals surface area contributed by atoms with Crippen molar-refractivity contribution in [2.45, 2.75) is 94.9 Å². The van der Waals surface area contributed by atoms with Crippen LogP contribution < -0.4 is 0 Å². The smallest absolute Gasteiger partial charge is 0.195 e. The van der Waals surface area contributed by atoms with Gasteiger partial charge in [-0.15, -0.1) is 0 Å². The molecule has 2 aromatic rings.